The highest BCUT2D eigenvalue weighted by molar-refractivity contribution is 5.70. The lowest BCUT2D eigenvalue weighted by Crippen LogP contribution is -2.44. The summed E-state index contributed by atoms with van der Waals surface area (Å²) in [5.41, 5.74) is 1.15. The lowest BCUT2D eigenvalue weighted by Gasteiger charge is -2.29. The van der Waals surface area contributed by atoms with Gasteiger partial charge in [0.1, 0.15) is 6.61 Å². The Hall–Kier alpha value is -1.81. The quantitative estimate of drug-likeness (QED) is 0.795. The molecule has 1 saturated heterocycles. The second-order valence-electron chi connectivity index (χ2n) is 5.17. The number of fused-ring (bicyclic) bond motifs is 1. The van der Waals surface area contributed by atoms with Gasteiger partial charge >= 0.3 is 6.09 Å². The Balaban J connectivity index is 1.68. The van der Waals surface area contributed by atoms with Gasteiger partial charge in [-0.2, -0.15) is 0 Å². The molecule has 2 atom stereocenters. The maximum atomic E-state index is 11.7. The van der Waals surface area contributed by atoms with Gasteiger partial charge in [-0.1, -0.05) is 42.5 Å². The topological polar surface area (TPSA) is 38.8 Å². The molecule has 0 N–H and O–H groups in total. The van der Waals surface area contributed by atoms with E-state index in [0.717, 1.165) is 18.4 Å². The Morgan fingerprint density at radius 3 is 2.95 bits per heavy atom. The molecule has 1 aromatic carbocycles. The number of carbonyl (C=O) groups excluding carboxylic acids is 1. The minimum absolute atomic E-state index is 0.00166. The third-order valence-electron chi connectivity index (χ3n) is 3.82. The van der Waals surface area contributed by atoms with Gasteiger partial charge in [0.25, 0.3) is 0 Å². The van der Waals surface area contributed by atoms with Crippen LogP contribution in [0.2, 0.25) is 0 Å². The van der Waals surface area contributed by atoms with E-state index in [0.29, 0.717) is 19.8 Å². The van der Waals surface area contributed by atoms with Crippen LogP contribution in [0.3, 0.4) is 0 Å². The van der Waals surface area contributed by atoms with Crippen molar-refractivity contribution in [2.75, 3.05) is 13.2 Å². The molecule has 1 aromatic rings. The molecule has 0 spiro atoms. The van der Waals surface area contributed by atoms with E-state index in [1.807, 2.05) is 30.3 Å². The smallest absolute Gasteiger partial charge is 0.410 e. The van der Waals surface area contributed by atoms with Crippen LogP contribution in [-0.2, 0) is 16.1 Å². The summed E-state index contributed by atoms with van der Waals surface area (Å²) in [6.45, 7) is 1.72. The molecule has 106 valence electrons. The van der Waals surface area contributed by atoms with Crippen LogP contribution in [0.4, 0.5) is 4.79 Å². The molecule has 2 aliphatic heterocycles. The van der Waals surface area contributed by atoms with Crippen LogP contribution in [0.5, 0.6) is 0 Å². The van der Waals surface area contributed by atoms with Crippen molar-refractivity contribution in [1.82, 2.24) is 4.90 Å². The van der Waals surface area contributed by atoms with Gasteiger partial charge in [-0.25, -0.2) is 4.79 Å². The number of nitrogens with zero attached hydrogens (tertiary/aromatic N) is 1. The molecular weight excluding hydrogens is 254 g/mol. The van der Waals surface area contributed by atoms with Crippen LogP contribution >= 0.6 is 0 Å². The monoisotopic (exact) mass is 273 g/mol. The molecule has 1 amide bonds. The van der Waals surface area contributed by atoms with Crippen molar-refractivity contribution in [2.24, 2.45) is 0 Å². The SMILES string of the molecule is O=C1OC[C@@H]2[C@H](OCc3ccccc3)C/C=C\CCN12. The molecule has 0 radical (unpaired) electrons. The highest BCUT2D eigenvalue weighted by Gasteiger charge is 2.38. The maximum absolute atomic E-state index is 11.7. The Morgan fingerprint density at radius 2 is 2.10 bits per heavy atom. The summed E-state index contributed by atoms with van der Waals surface area (Å²) in [5.74, 6) is 0. The van der Waals surface area contributed by atoms with E-state index in [-0.39, 0.29) is 18.2 Å². The zero-order valence-corrected chi connectivity index (χ0v) is 11.4. The zero-order valence-electron chi connectivity index (χ0n) is 11.4. The second kappa shape index (κ2) is 6.09. The molecule has 4 nitrogen and oxygen atoms in total. The molecule has 2 aliphatic rings. The van der Waals surface area contributed by atoms with Crippen molar-refractivity contribution in [3.63, 3.8) is 0 Å². The number of ether oxygens (including phenoxy) is 2. The molecule has 0 aromatic heterocycles. The summed E-state index contributed by atoms with van der Waals surface area (Å²) >= 11 is 0. The lowest BCUT2D eigenvalue weighted by molar-refractivity contribution is -0.00383. The summed E-state index contributed by atoms with van der Waals surface area (Å²) in [5, 5.41) is 0. The van der Waals surface area contributed by atoms with Crippen LogP contribution in [0.25, 0.3) is 0 Å². The first-order valence-corrected chi connectivity index (χ1v) is 7.08. The molecule has 0 bridgehead atoms. The highest BCUT2D eigenvalue weighted by atomic mass is 16.6. The summed E-state index contributed by atoms with van der Waals surface area (Å²) < 4.78 is 11.2. The van der Waals surface area contributed by atoms with Crippen LogP contribution in [0, 0.1) is 0 Å². The Bertz CT molecular complexity index is 486. The fraction of sp³-hybridized carbons (Fsp3) is 0.438. The van der Waals surface area contributed by atoms with E-state index in [2.05, 4.69) is 12.2 Å². The molecular formula is C16H19NO3. The average Bonchev–Trinajstić information content (AvgIpc) is 2.80. The largest absolute Gasteiger partial charge is 0.447 e. The third-order valence-corrected chi connectivity index (χ3v) is 3.82. The molecule has 3 rings (SSSR count). The Morgan fingerprint density at radius 1 is 1.25 bits per heavy atom. The molecule has 4 heteroatoms. The van der Waals surface area contributed by atoms with Crippen LogP contribution in [-0.4, -0.2) is 36.3 Å². The van der Waals surface area contributed by atoms with E-state index >= 15 is 0 Å². The van der Waals surface area contributed by atoms with Crippen molar-refractivity contribution in [2.45, 2.75) is 31.6 Å². The summed E-state index contributed by atoms with van der Waals surface area (Å²) in [6, 6.07) is 10.1. The predicted octanol–water partition coefficient (Wildman–Crippen LogP) is 2.74. The van der Waals surface area contributed by atoms with Gasteiger partial charge in [0, 0.05) is 6.54 Å². The van der Waals surface area contributed by atoms with Crippen molar-refractivity contribution in [3.05, 3.63) is 48.0 Å². The zero-order chi connectivity index (χ0) is 13.8. The van der Waals surface area contributed by atoms with Gasteiger partial charge in [-0.05, 0) is 18.4 Å². The summed E-state index contributed by atoms with van der Waals surface area (Å²) in [4.78, 5) is 13.5. The minimum Gasteiger partial charge on any atom is -0.447 e. The molecule has 0 saturated carbocycles. The van der Waals surface area contributed by atoms with Crippen LogP contribution < -0.4 is 0 Å². The molecule has 0 aliphatic carbocycles. The van der Waals surface area contributed by atoms with Gasteiger partial charge in [-0.3, -0.25) is 4.90 Å². The first kappa shape index (κ1) is 13.2. The van der Waals surface area contributed by atoms with Crippen LogP contribution in [0.15, 0.2) is 42.5 Å². The van der Waals surface area contributed by atoms with Gasteiger partial charge < -0.3 is 9.47 Å². The van der Waals surface area contributed by atoms with Crippen molar-refractivity contribution in [3.8, 4) is 0 Å². The van der Waals surface area contributed by atoms with Gasteiger partial charge in [0.2, 0.25) is 0 Å². The van der Waals surface area contributed by atoms with Crippen molar-refractivity contribution in [1.29, 1.82) is 0 Å². The van der Waals surface area contributed by atoms with Crippen LogP contribution in [0.1, 0.15) is 18.4 Å². The van der Waals surface area contributed by atoms with Crippen molar-refractivity contribution < 1.29 is 14.3 Å². The fourth-order valence-corrected chi connectivity index (χ4v) is 2.71. The number of carbonyl (C=O) groups is 1. The number of rotatable bonds is 3. The third kappa shape index (κ3) is 2.85. The minimum atomic E-state index is -0.210. The molecule has 0 unspecified atom stereocenters. The van der Waals surface area contributed by atoms with E-state index in [9.17, 15) is 4.79 Å². The van der Waals surface area contributed by atoms with E-state index in [1.54, 1.807) is 4.90 Å². The van der Waals surface area contributed by atoms with Gasteiger partial charge in [-0.15, -0.1) is 0 Å². The molecule has 1 fully saturated rings. The summed E-state index contributed by atoms with van der Waals surface area (Å²) in [6.07, 6.45) is 5.76. The van der Waals surface area contributed by atoms with Crippen molar-refractivity contribution >= 4 is 6.09 Å². The number of cyclic esters (lactones) is 1. The fourth-order valence-electron chi connectivity index (χ4n) is 2.71. The lowest BCUT2D eigenvalue weighted by atomic mass is 10.0. The standard InChI is InChI=1S/C16H19NO3/c18-16-17-10-6-2-5-9-15(14(17)12-20-16)19-11-13-7-3-1-4-8-13/h1-5,7-8,14-15H,6,9-12H2/b5-2-/t14-,15-/m1/s1. The van der Waals surface area contributed by atoms with E-state index < -0.39 is 0 Å². The maximum Gasteiger partial charge on any atom is 0.410 e. The van der Waals surface area contributed by atoms with Gasteiger partial charge in [0.15, 0.2) is 0 Å². The second-order valence-corrected chi connectivity index (χ2v) is 5.17. The Kier molecular flexibility index (Phi) is 4.02. The number of benzene rings is 1. The van der Waals surface area contributed by atoms with E-state index in [4.69, 9.17) is 9.47 Å². The number of amides is 1. The highest BCUT2D eigenvalue weighted by Crippen LogP contribution is 2.23. The number of hydrogen-bond donors (Lipinski definition) is 0. The first-order chi connectivity index (χ1) is 9.84. The average molecular weight is 273 g/mol. The molecule has 20 heavy (non-hydrogen) atoms. The van der Waals surface area contributed by atoms with Gasteiger partial charge in [0.05, 0.1) is 18.8 Å². The summed E-state index contributed by atoms with van der Waals surface area (Å²) in [7, 11) is 0. The Labute approximate surface area is 119 Å². The molecule has 2 heterocycles. The first-order valence-electron chi connectivity index (χ1n) is 7.08. The normalized spacial score (nSPS) is 27.4. The number of hydrogen-bond acceptors (Lipinski definition) is 3. The van der Waals surface area contributed by atoms with E-state index in [1.165, 1.54) is 0 Å². The predicted molar refractivity (Wildman–Crippen MR) is 75.2 cm³/mol.